The predicted octanol–water partition coefficient (Wildman–Crippen LogP) is 4.16. The summed E-state index contributed by atoms with van der Waals surface area (Å²) in [5.41, 5.74) is 4.44. The maximum atomic E-state index is 5.59. The number of nitrogens with zero attached hydrogens (tertiary/aromatic N) is 1. The number of hydrogen-bond acceptors (Lipinski definition) is 2. The number of benzene rings is 2. The Hall–Kier alpha value is -1.18. The van der Waals surface area contributed by atoms with Crippen molar-refractivity contribution >= 4 is 10.3 Å². The molecule has 0 aliphatic carbocycles. The van der Waals surface area contributed by atoms with Gasteiger partial charge in [0.2, 0.25) is 0 Å². The van der Waals surface area contributed by atoms with Crippen molar-refractivity contribution in [2.24, 2.45) is 5.41 Å². The Balaban J connectivity index is 0.000000324. The van der Waals surface area contributed by atoms with Crippen LogP contribution in [0.4, 0.5) is 5.69 Å². The van der Waals surface area contributed by atoms with Crippen molar-refractivity contribution in [1.82, 2.24) is 0 Å². The molecule has 1 aliphatic rings. The topological polar surface area (TPSA) is 12.5 Å². The molecule has 0 aromatic heterocycles. The first-order valence-electron chi connectivity index (χ1n) is 10.9. The van der Waals surface area contributed by atoms with E-state index in [4.69, 9.17) is 4.74 Å². The molecular weight excluding hydrogens is 491 g/mol. The Kier molecular flexibility index (Phi) is 10.4. The summed E-state index contributed by atoms with van der Waals surface area (Å²) in [6.45, 7) is 20.3. The van der Waals surface area contributed by atoms with Crippen LogP contribution in [-0.2, 0) is 17.9 Å². The zero-order chi connectivity index (χ0) is 22.5. The molecule has 3 rings (SSSR count). The van der Waals surface area contributed by atoms with E-state index in [2.05, 4.69) is 95.1 Å². The van der Waals surface area contributed by atoms with E-state index in [0.29, 0.717) is 5.92 Å². The number of hydrogen-bond donors (Lipinski definition) is 0. The van der Waals surface area contributed by atoms with Gasteiger partial charge in [-0.3, -0.25) is 0 Å². The van der Waals surface area contributed by atoms with Crippen molar-refractivity contribution in [3.05, 3.63) is 66.2 Å². The van der Waals surface area contributed by atoms with Gasteiger partial charge < -0.3 is 17.3 Å². The van der Waals surface area contributed by atoms with Crippen molar-refractivity contribution < 1.29 is 35.0 Å². The largest absolute Gasteiger partial charge is 1.00 e. The predicted molar refractivity (Wildman–Crippen MR) is 127 cm³/mol. The number of para-hydroxylation sites is 2. The molecule has 1 saturated heterocycles. The summed E-state index contributed by atoms with van der Waals surface area (Å²) in [4.78, 5) is 2.49. The third kappa shape index (κ3) is 7.72. The van der Waals surface area contributed by atoms with Gasteiger partial charge in [0.25, 0.3) is 0 Å². The van der Waals surface area contributed by atoms with E-state index < -0.39 is 0 Å². The maximum absolute atomic E-state index is 5.59. The smallest absolute Gasteiger partial charge is 0.0110 e. The van der Waals surface area contributed by atoms with Gasteiger partial charge in [-0.05, 0) is 31.4 Å². The molecule has 173 valence electrons. The number of rotatable bonds is 5. The standard InChI is InChI=1S/C17H26N.C10H12O.ClH.Ru/c1-13(2)14-9-7-8-10-15(14)18-12-16(3,4)11-17(18,5)6;1-8(2)11-10-7-5-4-6-9(10)3;;/h7-10,12-13H,11H2,1-6H3;3-8H,1-2H3;1H;/q-1;;;+1/p-1. The molecular formula is C27H38ClNORu-. The molecule has 1 fully saturated rings. The Bertz CT molecular complexity index is 845. The summed E-state index contributed by atoms with van der Waals surface area (Å²) in [6, 6.07) is 16.8. The Morgan fingerprint density at radius 3 is 2.06 bits per heavy atom. The van der Waals surface area contributed by atoms with Crippen LogP contribution in [0.15, 0.2) is 48.5 Å². The van der Waals surface area contributed by atoms with Crippen LogP contribution in [0.5, 0.6) is 5.75 Å². The Labute approximate surface area is 206 Å². The molecule has 0 radical (unpaired) electrons. The van der Waals surface area contributed by atoms with Crippen LogP contribution in [0.3, 0.4) is 0 Å². The van der Waals surface area contributed by atoms with Gasteiger partial charge in [0, 0.05) is 11.2 Å². The third-order valence-corrected chi connectivity index (χ3v) is 5.77. The van der Waals surface area contributed by atoms with Crippen molar-refractivity contribution in [1.29, 1.82) is 0 Å². The molecule has 4 heteroatoms. The van der Waals surface area contributed by atoms with Crippen LogP contribution in [0, 0.1) is 12.0 Å². The van der Waals surface area contributed by atoms with Crippen LogP contribution in [0.25, 0.3) is 0 Å². The average Bonchev–Trinajstić information content (AvgIpc) is 2.89. The monoisotopic (exact) mass is 529 g/mol. The van der Waals surface area contributed by atoms with E-state index in [1.807, 2.05) is 42.7 Å². The van der Waals surface area contributed by atoms with Crippen LogP contribution < -0.4 is 22.0 Å². The third-order valence-electron chi connectivity index (χ3n) is 5.23. The molecule has 0 amide bonds. The zero-order valence-electron chi connectivity index (χ0n) is 20.2. The molecule has 0 bridgehead atoms. The molecule has 1 aliphatic heterocycles. The molecule has 2 nitrogen and oxygen atoms in total. The quantitative estimate of drug-likeness (QED) is 0.427. The molecule has 0 N–H and O–H groups in total. The van der Waals surface area contributed by atoms with Crippen molar-refractivity contribution in [2.75, 3.05) is 4.90 Å². The summed E-state index contributed by atoms with van der Waals surface area (Å²) >= 11 is 2.49. The van der Waals surface area contributed by atoms with Gasteiger partial charge in [-0.25, -0.2) is 6.54 Å². The van der Waals surface area contributed by atoms with Gasteiger partial charge in [-0.2, -0.15) is 0 Å². The van der Waals surface area contributed by atoms with E-state index in [1.165, 1.54) is 17.7 Å². The van der Waals surface area contributed by atoms with Gasteiger partial charge in [-0.15, -0.1) is 5.41 Å². The molecule has 0 unspecified atom stereocenters. The zero-order valence-corrected chi connectivity index (χ0v) is 22.7. The van der Waals surface area contributed by atoms with Gasteiger partial charge in [-0.1, -0.05) is 52.3 Å². The van der Waals surface area contributed by atoms with Crippen molar-refractivity contribution in [3.63, 3.8) is 0 Å². The molecule has 1 heterocycles. The summed E-state index contributed by atoms with van der Waals surface area (Å²) in [5, 5.41) is 0. The fourth-order valence-electron chi connectivity index (χ4n) is 4.29. The second kappa shape index (κ2) is 11.6. The van der Waals surface area contributed by atoms with Gasteiger partial charge in [0.05, 0.1) is 0 Å². The fourth-order valence-corrected chi connectivity index (χ4v) is 4.70. The number of anilines is 1. The van der Waals surface area contributed by atoms with Crippen molar-refractivity contribution in [3.8, 4) is 5.75 Å². The molecule has 2 aromatic rings. The van der Waals surface area contributed by atoms with Crippen LogP contribution >= 0.6 is 0 Å². The van der Waals surface area contributed by atoms with E-state index in [9.17, 15) is 0 Å². The number of halogens is 1. The van der Waals surface area contributed by atoms with Gasteiger partial charge in [0.1, 0.15) is 0 Å². The van der Waals surface area contributed by atoms with Gasteiger partial charge in [0.15, 0.2) is 0 Å². The minimum absolute atomic E-state index is 0. The molecule has 0 saturated carbocycles. The second-order valence-electron chi connectivity index (χ2n) is 10.00. The average molecular weight is 529 g/mol. The summed E-state index contributed by atoms with van der Waals surface area (Å²) in [6.07, 6.45) is 1.43. The molecule has 0 atom stereocenters. The summed E-state index contributed by atoms with van der Waals surface area (Å²) in [7, 11) is 0. The minimum Gasteiger partial charge on any atom is -1.00 e. The van der Waals surface area contributed by atoms with E-state index >= 15 is 0 Å². The van der Waals surface area contributed by atoms with Crippen LogP contribution in [0.2, 0.25) is 0 Å². The first-order valence-corrected chi connectivity index (χ1v) is 11.9. The van der Waals surface area contributed by atoms with E-state index in [0.717, 1.165) is 11.3 Å². The molecule has 31 heavy (non-hydrogen) atoms. The van der Waals surface area contributed by atoms with E-state index in [1.54, 1.807) is 0 Å². The molecule has 2 aromatic carbocycles. The van der Waals surface area contributed by atoms with Crippen molar-refractivity contribution in [2.45, 2.75) is 79.4 Å². The SMILES string of the molecule is CC(C)Oc1ccccc1[CH]=[Ru+].CC(C)c1ccccc1N1[CH-]C(C)(C)CC1(C)C.[Cl-]. The van der Waals surface area contributed by atoms with Crippen LogP contribution in [-0.4, -0.2) is 16.3 Å². The first kappa shape index (κ1) is 27.9. The minimum atomic E-state index is 0. The summed E-state index contributed by atoms with van der Waals surface area (Å²) < 4.78 is 7.58. The molecule has 0 spiro atoms. The Morgan fingerprint density at radius 2 is 1.55 bits per heavy atom. The fraction of sp³-hybridized carbons (Fsp3) is 0.481. The second-order valence-corrected chi connectivity index (χ2v) is 10.5. The first-order chi connectivity index (χ1) is 14.0. The van der Waals surface area contributed by atoms with Crippen LogP contribution in [0.1, 0.15) is 78.9 Å². The van der Waals surface area contributed by atoms with Gasteiger partial charge >= 0.3 is 82.7 Å². The number of ether oxygens (including phenoxy) is 1. The maximum Gasteiger partial charge on any atom is 0.0110 e. The Morgan fingerprint density at radius 1 is 0.968 bits per heavy atom. The summed E-state index contributed by atoms with van der Waals surface area (Å²) in [5.74, 6) is 1.51. The normalized spacial score (nSPS) is 16.4. The van der Waals surface area contributed by atoms with E-state index in [-0.39, 0.29) is 29.5 Å².